The molecule has 1 aromatic heterocycles. The van der Waals surface area contributed by atoms with E-state index in [0.717, 1.165) is 45.3 Å². The average molecular weight is 477 g/mol. The number of carbonyl (C=O) groups is 1. The van der Waals surface area contributed by atoms with Crippen LogP contribution in [0.1, 0.15) is 17.0 Å². The Morgan fingerprint density at radius 1 is 1.16 bits per heavy atom. The van der Waals surface area contributed by atoms with Gasteiger partial charge in [-0.25, -0.2) is 18.2 Å². The Hall–Kier alpha value is -3.17. The molecule has 0 aliphatic carbocycles. The lowest BCUT2D eigenvalue weighted by Crippen LogP contribution is -2.39. The summed E-state index contributed by atoms with van der Waals surface area (Å²) in [4.78, 5) is 12.3. The van der Waals surface area contributed by atoms with Crippen molar-refractivity contribution in [3.63, 3.8) is 0 Å². The minimum Gasteiger partial charge on any atom is -0.318 e. The van der Waals surface area contributed by atoms with Gasteiger partial charge >= 0.3 is 0 Å². The lowest BCUT2D eigenvalue weighted by molar-refractivity contribution is -0.119. The molecule has 0 fully saturated rings. The highest BCUT2D eigenvalue weighted by atomic mass is 35.5. The highest BCUT2D eigenvalue weighted by Gasteiger charge is 2.20. The van der Waals surface area contributed by atoms with E-state index in [9.17, 15) is 17.6 Å². The van der Waals surface area contributed by atoms with E-state index >= 15 is 0 Å². The molecule has 10 heteroatoms. The van der Waals surface area contributed by atoms with Crippen molar-refractivity contribution in [1.29, 1.82) is 0 Å². The van der Waals surface area contributed by atoms with Crippen molar-refractivity contribution < 1.29 is 17.6 Å². The molecule has 1 amide bonds. The molecule has 2 aromatic carbocycles. The van der Waals surface area contributed by atoms with Crippen LogP contribution < -0.4 is 9.73 Å². The molecule has 0 unspecified atom stereocenters. The lowest BCUT2D eigenvalue weighted by atomic mass is 10.2. The number of benzene rings is 2. The van der Waals surface area contributed by atoms with Gasteiger partial charge in [-0.3, -0.25) is 9.10 Å². The molecule has 0 atom stereocenters. The number of anilines is 1. The normalized spacial score (nSPS) is 11.7. The van der Waals surface area contributed by atoms with Crippen molar-refractivity contribution in [1.82, 2.24) is 9.99 Å². The van der Waals surface area contributed by atoms with Crippen molar-refractivity contribution in [3.05, 3.63) is 82.4 Å². The van der Waals surface area contributed by atoms with Crippen LogP contribution in [0, 0.1) is 19.7 Å². The molecule has 0 bridgehead atoms. The SMILES string of the molecule is Cc1cc(/C=N\NC(=O)CN(c2ccc(F)cc2)S(C)(=O)=O)c(C)n1-c1ccc(Cl)cc1. The predicted octanol–water partition coefficient (Wildman–Crippen LogP) is 3.80. The lowest BCUT2D eigenvalue weighted by Gasteiger charge is -2.21. The molecule has 1 heterocycles. The van der Waals surface area contributed by atoms with Gasteiger partial charge in [-0.1, -0.05) is 11.6 Å². The third-order valence-electron chi connectivity index (χ3n) is 4.75. The van der Waals surface area contributed by atoms with Gasteiger partial charge in [-0.05, 0) is 68.4 Å². The van der Waals surface area contributed by atoms with E-state index < -0.39 is 28.3 Å². The van der Waals surface area contributed by atoms with E-state index in [2.05, 4.69) is 10.5 Å². The Balaban J connectivity index is 1.73. The number of hydrazone groups is 1. The molecule has 0 saturated carbocycles. The minimum atomic E-state index is -3.76. The summed E-state index contributed by atoms with van der Waals surface area (Å²) in [6, 6.07) is 14.2. The summed E-state index contributed by atoms with van der Waals surface area (Å²) >= 11 is 5.96. The summed E-state index contributed by atoms with van der Waals surface area (Å²) in [5, 5.41) is 4.61. The fraction of sp³-hybridized carbons (Fsp3) is 0.182. The molecule has 0 spiro atoms. The van der Waals surface area contributed by atoms with Crippen LogP contribution in [0.3, 0.4) is 0 Å². The highest BCUT2D eigenvalue weighted by Crippen LogP contribution is 2.21. The molecule has 1 N–H and O–H groups in total. The molecule has 3 aromatic rings. The number of hydrogen-bond donors (Lipinski definition) is 1. The van der Waals surface area contributed by atoms with Crippen LogP contribution in [0.5, 0.6) is 0 Å². The van der Waals surface area contributed by atoms with Crippen LogP contribution in [0.15, 0.2) is 59.7 Å². The zero-order valence-corrected chi connectivity index (χ0v) is 19.3. The number of aromatic nitrogens is 1. The average Bonchev–Trinajstić information content (AvgIpc) is 3.00. The summed E-state index contributed by atoms with van der Waals surface area (Å²) in [7, 11) is -3.76. The maximum atomic E-state index is 13.2. The molecule has 0 aliphatic rings. The van der Waals surface area contributed by atoms with Gasteiger partial charge in [0.2, 0.25) is 10.0 Å². The number of sulfonamides is 1. The van der Waals surface area contributed by atoms with Crippen molar-refractivity contribution in [2.45, 2.75) is 13.8 Å². The van der Waals surface area contributed by atoms with E-state index in [1.54, 1.807) is 12.1 Å². The second kappa shape index (κ2) is 9.54. The summed E-state index contributed by atoms with van der Waals surface area (Å²) in [6.45, 7) is 3.38. The van der Waals surface area contributed by atoms with Gasteiger partial charge in [0.15, 0.2) is 0 Å². The Labute approximate surface area is 191 Å². The largest absolute Gasteiger partial charge is 0.318 e. The van der Waals surface area contributed by atoms with E-state index in [1.165, 1.54) is 18.3 Å². The van der Waals surface area contributed by atoms with E-state index in [-0.39, 0.29) is 5.69 Å². The summed E-state index contributed by atoms with van der Waals surface area (Å²) < 4.78 is 40.2. The summed E-state index contributed by atoms with van der Waals surface area (Å²) in [5.74, 6) is -1.14. The zero-order chi connectivity index (χ0) is 23.5. The van der Waals surface area contributed by atoms with Gasteiger partial charge in [0, 0.05) is 27.7 Å². The first kappa shape index (κ1) is 23.5. The first-order valence-electron chi connectivity index (χ1n) is 9.56. The van der Waals surface area contributed by atoms with Gasteiger partial charge in [-0.2, -0.15) is 5.10 Å². The number of nitrogens with zero attached hydrogens (tertiary/aromatic N) is 3. The fourth-order valence-corrected chi connectivity index (χ4v) is 4.24. The topological polar surface area (TPSA) is 83.8 Å². The Morgan fingerprint density at radius 3 is 2.38 bits per heavy atom. The Bertz CT molecular complexity index is 1250. The summed E-state index contributed by atoms with van der Waals surface area (Å²) in [6.07, 6.45) is 2.47. The monoisotopic (exact) mass is 476 g/mol. The highest BCUT2D eigenvalue weighted by molar-refractivity contribution is 7.92. The molecule has 7 nitrogen and oxygen atoms in total. The number of hydrogen-bond acceptors (Lipinski definition) is 4. The van der Waals surface area contributed by atoms with Crippen molar-refractivity contribution >= 4 is 39.4 Å². The molecule has 0 radical (unpaired) electrons. The van der Waals surface area contributed by atoms with Crippen LogP contribution >= 0.6 is 11.6 Å². The molecule has 32 heavy (non-hydrogen) atoms. The van der Waals surface area contributed by atoms with E-state index in [0.29, 0.717) is 5.02 Å². The molecular formula is C22H22ClFN4O3S. The number of carbonyl (C=O) groups excluding carboxylic acids is 1. The predicted molar refractivity (Wildman–Crippen MR) is 125 cm³/mol. The molecule has 0 aliphatic heterocycles. The van der Waals surface area contributed by atoms with Crippen LogP contribution in [-0.2, 0) is 14.8 Å². The van der Waals surface area contributed by atoms with Gasteiger partial charge in [-0.15, -0.1) is 0 Å². The second-order valence-corrected chi connectivity index (χ2v) is 9.52. The van der Waals surface area contributed by atoms with Crippen LogP contribution in [0.25, 0.3) is 5.69 Å². The van der Waals surface area contributed by atoms with E-state index in [1.807, 2.05) is 36.6 Å². The third-order valence-corrected chi connectivity index (χ3v) is 6.14. The molecule has 3 rings (SSSR count). The first-order chi connectivity index (χ1) is 15.1. The van der Waals surface area contributed by atoms with Gasteiger partial charge in [0.1, 0.15) is 12.4 Å². The van der Waals surface area contributed by atoms with Crippen LogP contribution in [0.4, 0.5) is 10.1 Å². The molecular weight excluding hydrogens is 455 g/mol. The maximum Gasteiger partial charge on any atom is 0.260 e. The van der Waals surface area contributed by atoms with Crippen molar-refractivity contribution in [3.8, 4) is 5.69 Å². The molecule has 0 saturated heterocycles. The fourth-order valence-electron chi connectivity index (χ4n) is 3.25. The second-order valence-electron chi connectivity index (χ2n) is 7.18. The number of nitrogens with one attached hydrogen (secondary N) is 1. The van der Waals surface area contributed by atoms with E-state index in [4.69, 9.17) is 11.6 Å². The Kier molecular flexibility index (Phi) is 7.00. The Morgan fingerprint density at radius 2 is 1.78 bits per heavy atom. The maximum absolute atomic E-state index is 13.2. The van der Waals surface area contributed by atoms with Crippen LogP contribution in [0.2, 0.25) is 5.02 Å². The smallest absolute Gasteiger partial charge is 0.260 e. The van der Waals surface area contributed by atoms with Crippen molar-refractivity contribution in [2.24, 2.45) is 5.10 Å². The molecule has 168 valence electrons. The van der Waals surface area contributed by atoms with Gasteiger partial charge in [0.05, 0.1) is 18.2 Å². The van der Waals surface area contributed by atoms with Gasteiger partial charge < -0.3 is 4.57 Å². The third kappa shape index (κ3) is 5.54. The number of halogens is 2. The standard InChI is InChI=1S/C22H22ClFN4O3S/c1-15-12-17(16(2)28(15)21-8-4-18(23)5-9-21)13-25-26-22(29)14-27(32(3,30)31)20-10-6-19(24)7-11-20/h4-13H,14H2,1-3H3,(H,26,29)/b25-13-. The first-order valence-corrected chi connectivity index (χ1v) is 11.8. The summed E-state index contributed by atoms with van der Waals surface area (Å²) in [5.41, 5.74) is 6.13. The van der Waals surface area contributed by atoms with Crippen LogP contribution in [-0.4, -0.2) is 37.9 Å². The number of aryl methyl sites for hydroxylation is 1. The number of amides is 1. The zero-order valence-electron chi connectivity index (χ0n) is 17.7. The quantitative estimate of drug-likeness (QED) is 0.416. The van der Waals surface area contributed by atoms with Crippen molar-refractivity contribution in [2.75, 3.05) is 17.1 Å². The minimum absolute atomic E-state index is 0.180. The van der Waals surface area contributed by atoms with Gasteiger partial charge in [0.25, 0.3) is 5.91 Å². The number of rotatable bonds is 7.